The average Bonchev–Trinajstić information content (AvgIpc) is 3.16. The summed E-state index contributed by atoms with van der Waals surface area (Å²) in [6.07, 6.45) is 17.7. The van der Waals surface area contributed by atoms with E-state index < -0.39 is 0 Å². The zero-order chi connectivity index (χ0) is 17.7. The van der Waals surface area contributed by atoms with Crippen molar-refractivity contribution in [1.82, 2.24) is 0 Å². The van der Waals surface area contributed by atoms with Crippen molar-refractivity contribution < 1.29 is 14.6 Å². The summed E-state index contributed by atoms with van der Waals surface area (Å²) >= 11 is 0. The van der Waals surface area contributed by atoms with Gasteiger partial charge in [0.2, 0.25) is 0 Å². The molecular formula is C22H30O3. The molecular weight excluding hydrogens is 312 g/mol. The Hall–Kier alpha value is -2.16. The molecule has 0 saturated heterocycles. The summed E-state index contributed by atoms with van der Waals surface area (Å²) < 4.78 is 11.2. The Morgan fingerprint density at radius 3 is 2.00 bits per heavy atom. The minimum Gasteiger partial charge on any atom is -0.494 e. The minimum absolute atomic E-state index is 0.0856. The Kier molecular flexibility index (Phi) is 8.74. The van der Waals surface area contributed by atoms with Gasteiger partial charge in [0.05, 0.1) is 12.2 Å². The molecule has 25 heavy (non-hydrogen) atoms. The van der Waals surface area contributed by atoms with Gasteiger partial charge in [-0.3, -0.25) is 0 Å². The fourth-order valence-corrected chi connectivity index (χ4v) is 2.72. The Morgan fingerprint density at radius 1 is 0.800 bits per heavy atom. The van der Waals surface area contributed by atoms with Gasteiger partial charge in [-0.15, -0.1) is 0 Å². The highest BCUT2D eigenvalue weighted by Gasteiger charge is 2.05. The summed E-state index contributed by atoms with van der Waals surface area (Å²) in [5.74, 6) is 1.35. The lowest BCUT2D eigenvalue weighted by Crippen LogP contribution is -1.99. The third kappa shape index (κ3) is 7.51. The Labute approximate surface area is 151 Å². The number of aliphatic hydroxyl groups excluding tert-OH is 1. The molecule has 0 radical (unpaired) electrons. The molecule has 0 amide bonds. The molecule has 0 fully saturated rings. The van der Waals surface area contributed by atoms with Gasteiger partial charge in [-0.25, -0.2) is 0 Å². The first-order valence-electron chi connectivity index (χ1n) is 9.48. The van der Waals surface area contributed by atoms with Crippen LogP contribution >= 0.6 is 0 Å². The van der Waals surface area contributed by atoms with E-state index in [1.807, 2.05) is 36.4 Å². The van der Waals surface area contributed by atoms with Crippen molar-refractivity contribution in [3.8, 4) is 11.5 Å². The fraction of sp³-hybridized carbons (Fsp3) is 0.455. The molecule has 0 atom stereocenters. The summed E-state index contributed by atoms with van der Waals surface area (Å²) in [7, 11) is 0. The van der Waals surface area contributed by atoms with Crippen molar-refractivity contribution in [3.63, 3.8) is 0 Å². The van der Waals surface area contributed by atoms with Crippen LogP contribution in [0.3, 0.4) is 0 Å². The molecule has 0 saturated carbocycles. The van der Waals surface area contributed by atoms with Gasteiger partial charge >= 0.3 is 0 Å². The smallest absolute Gasteiger partial charge is 0.289 e. The third-order valence-corrected chi connectivity index (χ3v) is 4.21. The van der Waals surface area contributed by atoms with Crippen LogP contribution in [0.25, 0.3) is 0 Å². The second kappa shape index (κ2) is 11.4. The molecule has 136 valence electrons. The van der Waals surface area contributed by atoms with Gasteiger partial charge in [0.1, 0.15) is 11.5 Å². The number of hydrogen-bond acceptors (Lipinski definition) is 3. The summed E-state index contributed by atoms with van der Waals surface area (Å²) in [6.45, 7) is 3.00. The van der Waals surface area contributed by atoms with Gasteiger partial charge in [-0.1, -0.05) is 64.0 Å². The molecule has 1 aromatic rings. The van der Waals surface area contributed by atoms with E-state index in [4.69, 9.17) is 9.47 Å². The molecule has 3 heteroatoms. The third-order valence-electron chi connectivity index (χ3n) is 4.21. The SMILES string of the molecule is CCCCCCCCCCOc1ccc(OC(O)=C2C=CC=C2)cc1. The normalized spacial score (nSPS) is 12.6. The average molecular weight is 342 g/mol. The van der Waals surface area contributed by atoms with Crippen LogP contribution < -0.4 is 9.47 Å². The molecule has 0 spiro atoms. The van der Waals surface area contributed by atoms with Crippen LogP contribution in [0.2, 0.25) is 0 Å². The van der Waals surface area contributed by atoms with E-state index in [1.54, 1.807) is 12.2 Å². The summed E-state index contributed by atoms with van der Waals surface area (Å²) in [6, 6.07) is 7.36. The monoisotopic (exact) mass is 342 g/mol. The molecule has 0 unspecified atom stereocenters. The van der Waals surface area contributed by atoms with Crippen LogP contribution in [-0.4, -0.2) is 11.7 Å². The van der Waals surface area contributed by atoms with E-state index >= 15 is 0 Å². The van der Waals surface area contributed by atoms with Crippen LogP contribution in [0.5, 0.6) is 11.5 Å². The predicted octanol–water partition coefficient (Wildman–Crippen LogP) is 6.48. The molecule has 2 rings (SSSR count). The van der Waals surface area contributed by atoms with Gasteiger partial charge in [0, 0.05) is 0 Å². The zero-order valence-electron chi connectivity index (χ0n) is 15.2. The van der Waals surface area contributed by atoms with Crippen molar-refractivity contribution in [3.05, 3.63) is 60.1 Å². The maximum absolute atomic E-state index is 9.89. The van der Waals surface area contributed by atoms with Crippen LogP contribution in [0.4, 0.5) is 0 Å². The van der Waals surface area contributed by atoms with Gasteiger partial charge in [0.25, 0.3) is 5.95 Å². The van der Waals surface area contributed by atoms with E-state index in [0.717, 1.165) is 18.8 Å². The topological polar surface area (TPSA) is 38.7 Å². The zero-order valence-corrected chi connectivity index (χ0v) is 15.2. The number of unbranched alkanes of at least 4 members (excludes halogenated alkanes) is 7. The van der Waals surface area contributed by atoms with Gasteiger partial charge in [0.15, 0.2) is 0 Å². The lowest BCUT2D eigenvalue weighted by molar-refractivity contribution is 0.205. The van der Waals surface area contributed by atoms with Gasteiger partial charge < -0.3 is 14.6 Å². The van der Waals surface area contributed by atoms with Crippen LogP contribution in [0.1, 0.15) is 58.3 Å². The van der Waals surface area contributed by atoms with Crippen LogP contribution in [0, 0.1) is 0 Å². The first-order valence-corrected chi connectivity index (χ1v) is 9.48. The van der Waals surface area contributed by atoms with Crippen molar-refractivity contribution in [2.75, 3.05) is 6.61 Å². The maximum Gasteiger partial charge on any atom is 0.289 e. The maximum atomic E-state index is 9.89. The lowest BCUT2D eigenvalue weighted by Gasteiger charge is -2.08. The quantitative estimate of drug-likeness (QED) is 0.349. The highest BCUT2D eigenvalue weighted by atomic mass is 16.6. The molecule has 1 aliphatic carbocycles. The Morgan fingerprint density at radius 2 is 1.36 bits per heavy atom. The molecule has 0 bridgehead atoms. The Bertz CT molecular complexity index is 568. The first kappa shape index (κ1) is 19.2. The van der Waals surface area contributed by atoms with Crippen molar-refractivity contribution in [2.45, 2.75) is 58.3 Å². The highest BCUT2D eigenvalue weighted by Crippen LogP contribution is 2.21. The second-order valence-electron chi connectivity index (χ2n) is 6.38. The lowest BCUT2D eigenvalue weighted by atomic mass is 10.1. The molecule has 0 heterocycles. The highest BCUT2D eigenvalue weighted by molar-refractivity contribution is 5.41. The first-order chi connectivity index (χ1) is 12.3. The van der Waals surface area contributed by atoms with E-state index in [2.05, 4.69) is 6.92 Å². The summed E-state index contributed by atoms with van der Waals surface area (Å²) in [5, 5.41) is 9.89. The van der Waals surface area contributed by atoms with Crippen LogP contribution in [-0.2, 0) is 0 Å². The van der Waals surface area contributed by atoms with E-state index in [1.165, 1.54) is 44.9 Å². The summed E-state index contributed by atoms with van der Waals surface area (Å²) in [5.41, 5.74) is 0.676. The summed E-state index contributed by atoms with van der Waals surface area (Å²) in [4.78, 5) is 0. The van der Waals surface area contributed by atoms with E-state index in [-0.39, 0.29) is 5.95 Å². The number of rotatable bonds is 12. The molecule has 1 N–H and O–H groups in total. The minimum atomic E-state index is -0.0856. The molecule has 1 aromatic carbocycles. The van der Waals surface area contributed by atoms with Crippen LogP contribution in [0.15, 0.2) is 60.1 Å². The largest absolute Gasteiger partial charge is 0.494 e. The number of hydrogen-bond donors (Lipinski definition) is 1. The number of aliphatic hydroxyl groups is 1. The van der Waals surface area contributed by atoms with Gasteiger partial charge in [-0.2, -0.15) is 0 Å². The predicted molar refractivity (Wildman–Crippen MR) is 103 cm³/mol. The molecule has 3 nitrogen and oxygen atoms in total. The van der Waals surface area contributed by atoms with Crippen molar-refractivity contribution in [2.24, 2.45) is 0 Å². The Balaban J connectivity index is 1.60. The van der Waals surface area contributed by atoms with Gasteiger partial charge in [-0.05, 0) is 42.8 Å². The number of benzene rings is 1. The number of ether oxygens (including phenoxy) is 2. The molecule has 0 aromatic heterocycles. The fourth-order valence-electron chi connectivity index (χ4n) is 2.72. The second-order valence-corrected chi connectivity index (χ2v) is 6.38. The van der Waals surface area contributed by atoms with E-state index in [9.17, 15) is 5.11 Å². The van der Waals surface area contributed by atoms with E-state index in [0.29, 0.717) is 11.3 Å². The van der Waals surface area contributed by atoms with Crippen molar-refractivity contribution in [1.29, 1.82) is 0 Å². The standard InChI is InChI=1S/C22H30O3/c1-2-3-4-5-6-7-8-11-18-24-20-14-16-21(17-15-20)25-22(23)19-12-9-10-13-19/h9-10,12-17,23H,2-8,11,18H2,1H3. The molecule has 0 aliphatic heterocycles. The molecule has 1 aliphatic rings. The number of allylic oxidation sites excluding steroid dienone is 5. The van der Waals surface area contributed by atoms with Crippen molar-refractivity contribution >= 4 is 0 Å².